The van der Waals surface area contributed by atoms with Crippen molar-refractivity contribution in [2.75, 3.05) is 0 Å². The molecule has 0 unspecified atom stereocenters. The third kappa shape index (κ3) is 5.22. The van der Waals surface area contributed by atoms with E-state index in [1.165, 1.54) is 18.0 Å². The summed E-state index contributed by atoms with van der Waals surface area (Å²) in [4.78, 5) is 24.8. The highest BCUT2D eigenvalue weighted by Crippen LogP contribution is 2.32. The molecule has 138 valence electrons. The lowest BCUT2D eigenvalue weighted by molar-refractivity contribution is 0.0844. The molecule has 0 bridgehead atoms. The molecule has 0 fully saturated rings. The van der Waals surface area contributed by atoms with Crippen LogP contribution in [0.15, 0.2) is 53.6 Å². The predicted molar refractivity (Wildman–Crippen MR) is 104 cm³/mol. The number of amides is 2. The molecular weight excluding hydrogens is 409 g/mol. The van der Waals surface area contributed by atoms with Gasteiger partial charge in [-0.1, -0.05) is 35.3 Å². The van der Waals surface area contributed by atoms with Gasteiger partial charge in [0.1, 0.15) is 0 Å². The third-order valence-electron chi connectivity index (χ3n) is 3.41. The van der Waals surface area contributed by atoms with Crippen molar-refractivity contribution in [3.05, 3.63) is 75.5 Å². The van der Waals surface area contributed by atoms with E-state index >= 15 is 0 Å². The van der Waals surface area contributed by atoms with E-state index in [0.29, 0.717) is 21.4 Å². The summed E-state index contributed by atoms with van der Waals surface area (Å²) in [5.41, 5.74) is 6.01. The first-order chi connectivity index (χ1) is 13.0. The maximum absolute atomic E-state index is 12.2. The number of H-pyrrole nitrogens is 1. The Bertz CT molecular complexity index is 966. The number of rotatable bonds is 5. The van der Waals surface area contributed by atoms with Gasteiger partial charge in [-0.3, -0.25) is 20.4 Å². The molecule has 0 atom stereocenters. The van der Waals surface area contributed by atoms with Gasteiger partial charge in [0.2, 0.25) is 0 Å². The van der Waals surface area contributed by atoms with Crippen LogP contribution in [0.3, 0.4) is 0 Å². The molecule has 10 heteroatoms. The fourth-order valence-corrected chi connectivity index (χ4v) is 3.55. The van der Waals surface area contributed by atoms with Gasteiger partial charge in [0.05, 0.1) is 11.2 Å². The van der Waals surface area contributed by atoms with Crippen LogP contribution in [0.25, 0.3) is 0 Å². The highest BCUT2D eigenvalue weighted by atomic mass is 35.5. The normalized spacial score (nSPS) is 10.4. The van der Waals surface area contributed by atoms with Crippen LogP contribution < -0.4 is 10.9 Å². The van der Waals surface area contributed by atoms with Gasteiger partial charge in [0.25, 0.3) is 11.8 Å². The molecule has 3 aromatic rings. The van der Waals surface area contributed by atoms with E-state index in [9.17, 15) is 9.59 Å². The third-order valence-corrected chi connectivity index (χ3v) is 5.22. The minimum absolute atomic E-state index is 0.0684. The highest BCUT2D eigenvalue weighted by Gasteiger charge is 2.11. The zero-order valence-corrected chi connectivity index (χ0v) is 16.0. The van der Waals surface area contributed by atoms with Crippen molar-refractivity contribution in [1.82, 2.24) is 26.3 Å². The number of aromatic amines is 1. The lowest BCUT2D eigenvalue weighted by atomic mass is 10.1. The fourth-order valence-electron chi connectivity index (χ4n) is 2.11. The number of hydrogen-bond donors (Lipinski definition) is 3. The number of nitrogens with zero attached hydrogens (tertiary/aromatic N) is 2. The minimum Gasteiger partial charge on any atom is -0.267 e. The summed E-state index contributed by atoms with van der Waals surface area (Å²) in [6.07, 6.45) is 1.25. The first-order valence-electron chi connectivity index (χ1n) is 7.66. The largest absolute Gasteiger partial charge is 0.291 e. The monoisotopic (exact) mass is 421 g/mol. The first-order valence-corrected chi connectivity index (χ1v) is 9.40. The molecule has 7 nitrogen and oxygen atoms in total. The Hall–Kier alpha value is -2.55. The Morgan fingerprint density at radius 1 is 1.07 bits per heavy atom. The topological polar surface area (TPSA) is 99.8 Å². The molecule has 0 spiro atoms. The molecule has 1 aromatic heterocycles. The smallest absolute Gasteiger partial charge is 0.267 e. The summed E-state index contributed by atoms with van der Waals surface area (Å²) in [6.45, 7) is 0. The van der Waals surface area contributed by atoms with Gasteiger partial charge >= 0.3 is 0 Å². The van der Waals surface area contributed by atoms with Crippen molar-refractivity contribution in [2.45, 2.75) is 10.6 Å². The number of aromatic nitrogens is 3. The maximum atomic E-state index is 12.2. The van der Waals surface area contributed by atoms with Crippen LogP contribution in [0.4, 0.5) is 0 Å². The second-order valence-corrected chi connectivity index (χ2v) is 7.19. The molecule has 0 saturated heterocycles. The molecule has 27 heavy (non-hydrogen) atoms. The molecule has 2 aromatic carbocycles. The number of carbonyl (C=O) groups is 2. The summed E-state index contributed by atoms with van der Waals surface area (Å²) in [5.74, 6) is -0.411. The molecule has 0 saturated carbocycles. The van der Waals surface area contributed by atoms with Crippen LogP contribution in [0.5, 0.6) is 0 Å². The van der Waals surface area contributed by atoms with Crippen molar-refractivity contribution < 1.29 is 9.59 Å². The maximum Gasteiger partial charge on any atom is 0.291 e. The summed E-state index contributed by atoms with van der Waals surface area (Å²) in [7, 11) is 0. The first kappa shape index (κ1) is 19.2. The van der Waals surface area contributed by atoms with E-state index in [0.717, 1.165) is 10.5 Å². The van der Waals surface area contributed by atoms with Crippen molar-refractivity contribution in [3.63, 3.8) is 0 Å². The van der Waals surface area contributed by atoms with Crippen molar-refractivity contribution in [3.8, 4) is 0 Å². The molecule has 0 aliphatic heterocycles. The van der Waals surface area contributed by atoms with Crippen LogP contribution in [0, 0.1) is 0 Å². The standard InChI is InChI=1S/C17H13Cl2N5O2S/c18-12-4-5-13(19)15(7-12)27-9-10-2-1-3-11(6-10)16(25)22-23-17(26)14-8-20-24-21-14/h1-8H,9H2,(H,22,25)(H,23,26)(H,20,21,24). The highest BCUT2D eigenvalue weighted by molar-refractivity contribution is 7.98. The van der Waals surface area contributed by atoms with Crippen molar-refractivity contribution in [1.29, 1.82) is 0 Å². The van der Waals surface area contributed by atoms with Gasteiger partial charge in [-0.25, -0.2) is 0 Å². The quantitative estimate of drug-likeness (QED) is 0.432. The number of benzene rings is 2. The predicted octanol–water partition coefficient (Wildman–Crippen LogP) is 3.48. The molecule has 0 aliphatic rings. The van der Waals surface area contributed by atoms with Crippen LogP contribution in [-0.4, -0.2) is 27.2 Å². The Morgan fingerprint density at radius 3 is 2.67 bits per heavy atom. The average Bonchev–Trinajstić information content (AvgIpc) is 3.21. The van der Waals surface area contributed by atoms with Crippen molar-refractivity contribution >= 4 is 46.8 Å². The van der Waals surface area contributed by atoms with E-state index in [1.54, 1.807) is 36.4 Å². The zero-order chi connectivity index (χ0) is 19.2. The molecule has 2 amide bonds. The number of hydrogen-bond acceptors (Lipinski definition) is 5. The van der Waals surface area contributed by atoms with Crippen LogP contribution in [-0.2, 0) is 5.75 Å². The number of halogens is 2. The second kappa shape index (κ2) is 8.90. The van der Waals surface area contributed by atoms with Gasteiger partial charge in [-0.05, 0) is 35.9 Å². The Labute approximate surface area is 168 Å². The fraction of sp³-hybridized carbons (Fsp3) is 0.0588. The summed E-state index contributed by atoms with van der Waals surface area (Å²) >= 11 is 13.7. The van der Waals surface area contributed by atoms with Gasteiger partial charge in [-0.2, -0.15) is 15.4 Å². The molecule has 3 rings (SSSR count). The average molecular weight is 422 g/mol. The van der Waals surface area contributed by atoms with E-state index < -0.39 is 11.8 Å². The van der Waals surface area contributed by atoms with Crippen molar-refractivity contribution in [2.24, 2.45) is 0 Å². The Morgan fingerprint density at radius 2 is 1.89 bits per heavy atom. The van der Waals surface area contributed by atoms with E-state index in [2.05, 4.69) is 26.3 Å². The summed E-state index contributed by atoms with van der Waals surface area (Å²) in [5, 5.41) is 10.7. The molecule has 0 aliphatic carbocycles. The molecule has 1 heterocycles. The van der Waals surface area contributed by atoms with Crippen LogP contribution >= 0.6 is 35.0 Å². The summed E-state index contributed by atoms with van der Waals surface area (Å²) < 4.78 is 0. The Balaban J connectivity index is 1.60. The lowest BCUT2D eigenvalue weighted by Crippen LogP contribution is -2.41. The number of hydrazine groups is 1. The number of nitrogens with one attached hydrogen (secondary N) is 3. The molecular formula is C17H13Cl2N5O2S. The van der Waals surface area contributed by atoms with E-state index in [-0.39, 0.29) is 5.69 Å². The second-order valence-electron chi connectivity index (χ2n) is 5.33. The van der Waals surface area contributed by atoms with Gasteiger partial charge in [-0.15, -0.1) is 11.8 Å². The van der Waals surface area contributed by atoms with E-state index in [1.807, 2.05) is 6.07 Å². The van der Waals surface area contributed by atoms with Crippen LogP contribution in [0.2, 0.25) is 10.0 Å². The molecule has 3 N–H and O–H groups in total. The lowest BCUT2D eigenvalue weighted by Gasteiger charge is -2.08. The van der Waals surface area contributed by atoms with Gasteiger partial charge < -0.3 is 0 Å². The molecule has 0 radical (unpaired) electrons. The zero-order valence-electron chi connectivity index (χ0n) is 13.7. The number of thioether (sulfide) groups is 1. The summed E-state index contributed by atoms with van der Waals surface area (Å²) in [6, 6.07) is 12.3. The minimum atomic E-state index is -0.570. The SMILES string of the molecule is O=C(NNC(=O)c1cn[nH]n1)c1cccc(CSc2cc(Cl)ccc2Cl)c1. The van der Waals surface area contributed by atoms with Gasteiger partial charge in [0.15, 0.2) is 5.69 Å². The Kier molecular flexibility index (Phi) is 6.33. The number of carbonyl (C=O) groups excluding carboxylic acids is 2. The van der Waals surface area contributed by atoms with Gasteiger partial charge in [0, 0.05) is 21.2 Å². The van der Waals surface area contributed by atoms with Crippen LogP contribution in [0.1, 0.15) is 26.4 Å². The van der Waals surface area contributed by atoms with E-state index in [4.69, 9.17) is 23.2 Å².